The number of aliphatic hydroxyl groups is 1. The summed E-state index contributed by atoms with van der Waals surface area (Å²) in [7, 11) is 0. The fraction of sp³-hybridized carbons (Fsp3) is 1.00. The van der Waals surface area contributed by atoms with Gasteiger partial charge in [0.1, 0.15) is 0 Å². The van der Waals surface area contributed by atoms with Crippen LogP contribution < -0.4 is 0 Å². The van der Waals surface area contributed by atoms with Crippen molar-refractivity contribution in [1.29, 1.82) is 0 Å². The Labute approximate surface area is 24.1 Å². The van der Waals surface area contributed by atoms with E-state index in [0.717, 1.165) is 6.92 Å². The zero-order valence-corrected chi connectivity index (χ0v) is 2.40. The summed E-state index contributed by atoms with van der Waals surface area (Å²) in [5.41, 5.74) is 0. The molecule has 0 rings (SSSR count). The molecule has 2 heteroatoms. The monoisotopic (exact) mass is 64.0 g/mol. The van der Waals surface area contributed by atoms with E-state index in [1.54, 1.807) is 0 Å². The van der Waals surface area contributed by atoms with Crippen LogP contribution in [-0.4, -0.2) is 11.5 Å². The first-order valence-corrected chi connectivity index (χ1v) is 1.05. The van der Waals surface area contributed by atoms with Gasteiger partial charge in [0.25, 0.3) is 0 Å². The van der Waals surface area contributed by atoms with E-state index in [4.69, 9.17) is 5.11 Å². The molecule has 0 aliphatic heterocycles. The lowest BCUT2D eigenvalue weighted by molar-refractivity contribution is 0.0607. The maximum absolute atomic E-state index is 10.6. The molecule has 0 bridgehead atoms. The molecule has 0 aliphatic rings. The molecule has 0 unspecified atom stereocenters. The first-order valence-electron chi connectivity index (χ1n) is 1.05. The molecule has 0 radical (unpaired) electrons. The number of hydrogen-bond donors (Lipinski definition) is 1. The highest BCUT2D eigenvalue weighted by atomic mass is 19.1. The molecule has 0 aromatic rings. The molecule has 4 heavy (non-hydrogen) atoms. The summed E-state index contributed by atoms with van der Waals surface area (Å²) in [6.07, 6.45) is -1.67. The van der Waals surface area contributed by atoms with Crippen molar-refractivity contribution in [3.05, 3.63) is 0 Å². The summed E-state index contributed by atoms with van der Waals surface area (Å²) < 4.78 is 10.6. The van der Waals surface area contributed by atoms with Crippen molar-refractivity contribution >= 4 is 0 Å². The van der Waals surface area contributed by atoms with E-state index in [9.17, 15) is 4.39 Å². The van der Waals surface area contributed by atoms with Gasteiger partial charge in [0.15, 0.2) is 6.36 Å². The molecular weight excluding hydrogens is 59.0 g/mol. The highest BCUT2D eigenvalue weighted by Crippen LogP contribution is 1.71. The normalized spacial score (nSPS) is 15.8. The fourth-order valence-corrected chi connectivity index (χ4v) is 0. The molecule has 0 aromatic heterocycles. The molecule has 0 saturated heterocycles. The number of rotatable bonds is 0. The second kappa shape index (κ2) is 1.24. The molecule has 1 N–H and O–H groups in total. The Bertz CT molecular complexity index is 10.8. The molecular formula is C2H5FO. The zero-order chi connectivity index (χ0) is 3.58. The van der Waals surface area contributed by atoms with Gasteiger partial charge in [-0.1, -0.05) is 0 Å². The Morgan fingerprint density at radius 2 is 2.00 bits per heavy atom. The summed E-state index contributed by atoms with van der Waals surface area (Å²) in [5.74, 6) is 0. The number of alkyl halides is 1. The van der Waals surface area contributed by atoms with Gasteiger partial charge in [-0.05, 0) is 6.92 Å². The van der Waals surface area contributed by atoms with Gasteiger partial charge in [-0.25, -0.2) is 4.39 Å². The Kier molecular flexibility index (Phi) is 1.20. The summed E-state index contributed by atoms with van der Waals surface area (Å²) in [6, 6.07) is 0. The largest absolute Gasteiger partial charge is 0.364 e. The van der Waals surface area contributed by atoms with Gasteiger partial charge in [-0.2, -0.15) is 0 Å². The first kappa shape index (κ1) is 3.89. The van der Waals surface area contributed by atoms with E-state index < -0.39 is 6.36 Å². The van der Waals surface area contributed by atoms with E-state index in [0.29, 0.717) is 0 Å². The Morgan fingerprint density at radius 3 is 2.00 bits per heavy atom. The third kappa shape index (κ3) is 124. The van der Waals surface area contributed by atoms with Crippen LogP contribution in [0.5, 0.6) is 0 Å². The quantitative estimate of drug-likeness (QED) is 0.429. The second-order valence-corrected chi connectivity index (χ2v) is 0.574. The van der Waals surface area contributed by atoms with Crippen LogP contribution in [0.15, 0.2) is 0 Å². The Hall–Kier alpha value is -0.110. The van der Waals surface area contributed by atoms with Crippen LogP contribution in [0.3, 0.4) is 0 Å². The van der Waals surface area contributed by atoms with E-state index in [1.807, 2.05) is 0 Å². The minimum absolute atomic E-state index is 1.06. The summed E-state index contributed by atoms with van der Waals surface area (Å²) in [5, 5.41) is 7.39. The molecule has 0 aliphatic carbocycles. The maximum atomic E-state index is 10.6. The van der Waals surface area contributed by atoms with Crippen molar-refractivity contribution in [3.63, 3.8) is 0 Å². The minimum atomic E-state index is -1.67. The predicted molar refractivity (Wildman–Crippen MR) is 12.8 cm³/mol. The Balaban J connectivity index is 2.32. The van der Waals surface area contributed by atoms with Crippen molar-refractivity contribution in [2.75, 3.05) is 0 Å². The third-order valence-electron chi connectivity index (χ3n) is 0. The smallest absolute Gasteiger partial charge is 0.193 e. The fourth-order valence-electron chi connectivity index (χ4n) is 0. The highest BCUT2D eigenvalue weighted by Gasteiger charge is 1.75. The zero-order valence-electron chi connectivity index (χ0n) is 2.40. The molecule has 0 heterocycles. The summed E-state index contributed by atoms with van der Waals surface area (Å²) >= 11 is 0. The molecule has 1 atom stereocenters. The molecule has 0 spiro atoms. The first-order chi connectivity index (χ1) is 1.73. The van der Waals surface area contributed by atoms with Gasteiger partial charge in [-0.3, -0.25) is 0 Å². The van der Waals surface area contributed by atoms with Gasteiger partial charge >= 0.3 is 0 Å². The van der Waals surface area contributed by atoms with Crippen molar-refractivity contribution in [1.82, 2.24) is 0 Å². The highest BCUT2D eigenvalue weighted by molar-refractivity contribution is 4.04. The van der Waals surface area contributed by atoms with Crippen molar-refractivity contribution in [3.8, 4) is 0 Å². The standard InChI is InChI=1S/C2H5FO/c1-2(3)4/h2,4H,1H3/t2-/m0/s1. The lowest BCUT2D eigenvalue weighted by atomic mass is 10.8. The van der Waals surface area contributed by atoms with Crippen LogP contribution in [0.25, 0.3) is 0 Å². The summed E-state index contributed by atoms with van der Waals surface area (Å²) in [4.78, 5) is 0. The average molecular weight is 64.1 g/mol. The maximum Gasteiger partial charge on any atom is 0.193 e. The average Bonchev–Trinajstić information content (AvgIpc) is 0.811. The Morgan fingerprint density at radius 1 is 2.00 bits per heavy atom. The topological polar surface area (TPSA) is 20.2 Å². The van der Waals surface area contributed by atoms with E-state index >= 15 is 0 Å². The SMILES string of the molecule is C[C@H](O)F. The van der Waals surface area contributed by atoms with Gasteiger partial charge in [-0.15, -0.1) is 0 Å². The van der Waals surface area contributed by atoms with Crippen LogP contribution in [0.2, 0.25) is 0 Å². The van der Waals surface area contributed by atoms with Crippen LogP contribution >= 0.6 is 0 Å². The molecule has 0 amide bonds. The summed E-state index contributed by atoms with van der Waals surface area (Å²) in [6.45, 7) is 1.06. The van der Waals surface area contributed by atoms with Crippen molar-refractivity contribution in [2.24, 2.45) is 0 Å². The molecule has 1 nitrogen and oxygen atoms in total. The molecule has 26 valence electrons. The second-order valence-electron chi connectivity index (χ2n) is 0.574. The molecule has 0 fully saturated rings. The van der Waals surface area contributed by atoms with E-state index in [1.165, 1.54) is 0 Å². The van der Waals surface area contributed by atoms with Gasteiger partial charge in [0.05, 0.1) is 0 Å². The van der Waals surface area contributed by atoms with Crippen molar-refractivity contribution < 1.29 is 9.50 Å². The van der Waals surface area contributed by atoms with E-state index in [2.05, 4.69) is 0 Å². The number of halogens is 1. The molecule has 0 aromatic carbocycles. The lowest BCUT2D eigenvalue weighted by Gasteiger charge is -1.75. The number of aliphatic hydroxyl groups excluding tert-OH is 1. The van der Waals surface area contributed by atoms with E-state index in [-0.39, 0.29) is 0 Å². The predicted octanol–water partition coefficient (Wildman–Crippen LogP) is 0.294. The van der Waals surface area contributed by atoms with Crippen LogP contribution in [-0.2, 0) is 0 Å². The lowest BCUT2D eigenvalue weighted by Crippen LogP contribution is -1.82. The van der Waals surface area contributed by atoms with Gasteiger partial charge < -0.3 is 5.11 Å². The van der Waals surface area contributed by atoms with Crippen LogP contribution in [0.1, 0.15) is 6.92 Å². The van der Waals surface area contributed by atoms with Gasteiger partial charge in [0, 0.05) is 0 Å². The van der Waals surface area contributed by atoms with Crippen LogP contribution in [0, 0.1) is 0 Å². The minimum Gasteiger partial charge on any atom is -0.364 e. The van der Waals surface area contributed by atoms with Crippen molar-refractivity contribution in [2.45, 2.75) is 13.3 Å². The number of hydrogen-bond acceptors (Lipinski definition) is 1. The molecule has 0 saturated carbocycles. The van der Waals surface area contributed by atoms with Gasteiger partial charge in [0.2, 0.25) is 0 Å². The third-order valence-corrected chi connectivity index (χ3v) is 0. The van der Waals surface area contributed by atoms with Crippen LogP contribution in [0.4, 0.5) is 4.39 Å².